The van der Waals surface area contributed by atoms with Crippen LogP contribution in [0.1, 0.15) is 29.7 Å². The number of aryl methyl sites for hydroxylation is 2. The van der Waals surface area contributed by atoms with Gasteiger partial charge in [-0.25, -0.2) is 4.79 Å². The van der Waals surface area contributed by atoms with Gasteiger partial charge in [-0.1, -0.05) is 12.6 Å². The number of hydrogen-bond acceptors (Lipinski definition) is 5. The largest absolute Gasteiger partial charge is 0.490 e. The minimum atomic E-state index is -0.804. The first kappa shape index (κ1) is 25.3. The van der Waals surface area contributed by atoms with Crippen LogP contribution in [0.5, 0.6) is 11.5 Å². The third-order valence-electron chi connectivity index (χ3n) is 5.38. The van der Waals surface area contributed by atoms with Crippen LogP contribution in [0.2, 0.25) is 0 Å². The first-order chi connectivity index (χ1) is 16.1. The average Bonchev–Trinajstić information content (AvgIpc) is 2.75. The van der Waals surface area contributed by atoms with E-state index in [1.165, 1.54) is 0 Å². The van der Waals surface area contributed by atoms with Gasteiger partial charge in [0.2, 0.25) is 5.91 Å². The summed E-state index contributed by atoms with van der Waals surface area (Å²) < 4.78 is 11.9. The SMILES string of the molecule is C=C1NC(=O)N[C@@H](c2cc(I)c(OCC(N)=O)c(OCC)c2)[C@@H]1C(=O)Nc1ccc(C)c(C)c1. The van der Waals surface area contributed by atoms with E-state index in [2.05, 4.69) is 22.5 Å². The first-order valence-corrected chi connectivity index (χ1v) is 11.7. The maximum Gasteiger partial charge on any atom is 0.319 e. The number of nitrogens with two attached hydrogens (primary N) is 1. The van der Waals surface area contributed by atoms with Crippen molar-refractivity contribution in [1.82, 2.24) is 10.6 Å². The Hall–Kier alpha value is -3.28. The molecule has 1 heterocycles. The molecule has 5 N–H and O–H groups in total. The van der Waals surface area contributed by atoms with Gasteiger partial charge in [-0.3, -0.25) is 9.59 Å². The summed E-state index contributed by atoms with van der Waals surface area (Å²) in [5, 5.41) is 8.34. The highest BCUT2D eigenvalue weighted by Gasteiger charge is 2.38. The Morgan fingerprint density at radius 1 is 1.18 bits per heavy atom. The molecule has 1 aliphatic rings. The number of nitrogens with one attached hydrogen (secondary N) is 3. The fourth-order valence-electron chi connectivity index (χ4n) is 3.62. The van der Waals surface area contributed by atoms with Crippen LogP contribution in [0.3, 0.4) is 0 Å². The predicted molar refractivity (Wildman–Crippen MR) is 137 cm³/mol. The van der Waals surface area contributed by atoms with Crippen LogP contribution >= 0.6 is 22.6 Å². The lowest BCUT2D eigenvalue weighted by molar-refractivity contribution is -0.120. The van der Waals surface area contributed by atoms with Crippen LogP contribution in [-0.2, 0) is 9.59 Å². The van der Waals surface area contributed by atoms with E-state index in [4.69, 9.17) is 15.2 Å². The molecule has 3 rings (SSSR count). The Labute approximate surface area is 211 Å². The van der Waals surface area contributed by atoms with Crippen LogP contribution in [0, 0.1) is 23.3 Å². The van der Waals surface area contributed by atoms with Gasteiger partial charge in [-0.15, -0.1) is 0 Å². The van der Waals surface area contributed by atoms with E-state index in [-0.39, 0.29) is 18.2 Å². The van der Waals surface area contributed by atoms with E-state index in [9.17, 15) is 14.4 Å². The lowest BCUT2D eigenvalue weighted by Gasteiger charge is -2.34. The van der Waals surface area contributed by atoms with Crippen molar-refractivity contribution < 1.29 is 23.9 Å². The molecule has 34 heavy (non-hydrogen) atoms. The molecule has 10 heteroatoms. The molecular weight excluding hydrogens is 551 g/mol. The lowest BCUT2D eigenvalue weighted by atomic mass is 9.88. The molecule has 1 aliphatic heterocycles. The van der Waals surface area contributed by atoms with Crippen molar-refractivity contribution in [1.29, 1.82) is 0 Å². The maximum absolute atomic E-state index is 13.3. The third-order valence-corrected chi connectivity index (χ3v) is 6.18. The number of benzene rings is 2. The summed E-state index contributed by atoms with van der Waals surface area (Å²) in [4.78, 5) is 36.8. The molecule has 0 aliphatic carbocycles. The molecular formula is C24H27IN4O5. The molecule has 1 fully saturated rings. The highest BCUT2D eigenvalue weighted by molar-refractivity contribution is 14.1. The standard InChI is InChI=1S/C24H27IN4O5/c1-5-33-18-10-15(9-17(25)22(18)34-11-19(26)30)21-20(14(4)27-24(32)29-21)23(31)28-16-7-6-12(2)13(3)8-16/h6-10,20-21H,4-5,11H2,1-3H3,(H2,26,30)(H,28,31)(H2,27,29,32)/t20-,21+/m1/s1. The summed E-state index contributed by atoms with van der Waals surface area (Å²) in [6, 6.07) is 7.91. The van der Waals surface area contributed by atoms with E-state index in [1.54, 1.807) is 12.1 Å². The normalized spacial score (nSPS) is 17.4. The monoisotopic (exact) mass is 578 g/mol. The van der Waals surface area contributed by atoms with Gasteiger partial charge >= 0.3 is 6.03 Å². The average molecular weight is 578 g/mol. The number of anilines is 1. The van der Waals surface area contributed by atoms with E-state index < -0.39 is 23.9 Å². The number of amides is 4. The highest BCUT2D eigenvalue weighted by Crippen LogP contribution is 2.39. The van der Waals surface area contributed by atoms with E-state index in [0.29, 0.717) is 32.9 Å². The van der Waals surface area contributed by atoms with Crippen LogP contribution in [0.25, 0.3) is 0 Å². The molecule has 0 spiro atoms. The number of halogens is 1. The number of carbonyl (C=O) groups is 3. The van der Waals surface area contributed by atoms with Crippen molar-refractivity contribution in [3.8, 4) is 11.5 Å². The summed E-state index contributed by atoms with van der Waals surface area (Å²) in [5.74, 6) is -1.01. The van der Waals surface area contributed by atoms with Gasteiger partial charge in [0.1, 0.15) is 5.92 Å². The molecule has 1 saturated heterocycles. The molecule has 2 atom stereocenters. The number of primary amides is 1. The zero-order valence-electron chi connectivity index (χ0n) is 19.2. The van der Waals surface area contributed by atoms with Crippen LogP contribution in [0.4, 0.5) is 10.5 Å². The number of carbonyl (C=O) groups excluding carboxylic acids is 3. The first-order valence-electron chi connectivity index (χ1n) is 10.6. The molecule has 0 aromatic heterocycles. The van der Waals surface area contributed by atoms with Gasteiger partial charge in [-0.2, -0.15) is 0 Å². The lowest BCUT2D eigenvalue weighted by Crippen LogP contribution is -2.51. The second-order valence-electron chi connectivity index (χ2n) is 7.89. The summed E-state index contributed by atoms with van der Waals surface area (Å²) in [6.07, 6.45) is 0. The molecule has 0 saturated carbocycles. The van der Waals surface area contributed by atoms with Crippen molar-refractivity contribution in [3.63, 3.8) is 0 Å². The molecule has 0 bridgehead atoms. The second-order valence-corrected chi connectivity index (χ2v) is 9.05. The molecule has 180 valence electrons. The fraction of sp³-hybridized carbons (Fsp3) is 0.292. The van der Waals surface area contributed by atoms with E-state index in [0.717, 1.165) is 11.1 Å². The quantitative estimate of drug-likeness (QED) is 0.357. The Balaban J connectivity index is 1.97. The van der Waals surface area contributed by atoms with Gasteiger partial charge < -0.3 is 31.2 Å². The van der Waals surface area contributed by atoms with Gasteiger partial charge in [0.25, 0.3) is 5.91 Å². The molecule has 2 aromatic carbocycles. The second kappa shape index (κ2) is 10.8. The van der Waals surface area contributed by atoms with Crippen molar-refractivity contribution in [2.24, 2.45) is 11.7 Å². The smallest absolute Gasteiger partial charge is 0.319 e. The van der Waals surface area contributed by atoms with Crippen LogP contribution < -0.4 is 31.2 Å². The summed E-state index contributed by atoms with van der Waals surface area (Å²) in [5.41, 5.74) is 8.91. The maximum atomic E-state index is 13.3. The molecule has 2 aromatic rings. The highest BCUT2D eigenvalue weighted by atomic mass is 127. The fourth-order valence-corrected chi connectivity index (χ4v) is 4.40. The van der Waals surface area contributed by atoms with Gasteiger partial charge in [0.05, 0.1) is 16.2 Å². The molecule has 4 amide bonds. The molecule has 9 nitrogen and oxygen atoms in total. The number of rotatable bonds is 8. The molecule has 0 radical (unpaired) electrons. The number of ether oxygens (including phenoxy) is 2. The summed E-state index contributed by atoms with van der Waals surface area (Å²) >= 11 is 2.05. The van der Waals surface area contributed by atoms with Crippen molar-refractivity contribution in [3.05, 3.63) is 62.9 Å². The predicted octanol–water partition coefficient (Wildman–Crippen LogP) is 3.29. The summed E-state index contributed by atoms with van der Waals surface area (Å²) in [7, 11) is 0. The van der Waals surface area contributed by atoms with E-state index in [1.807, 2.05) is 61.6 Å². The zero-order chi connectivity index (χ0) is 25.0. The minimum absolute atomic E-state index is 0.275. The Morgan fingerprint density at radius 3 is 2.56 bits per heavy atom. The minimum Gasteiger partial charge on any atom is -0.490 e. The van der Waals surface area contributed by atoms with Gasteiger partial charge in [-0.05, 0) is 84.3 Å². The molecule has 0 unspecified atom stereocenters. The van der Waals surface area contributed by atoms with Gasteiger partial charge in [0, 0.05) is 11.4 Å². The summed E-state index contributed by atoms with van der Waals surface area (Å²) in [6.45, 7) is 9.73. The van der Waals surface area contributed by atoms with Crippen LogP contribution in [0.15, 0.2) is 42.6 Å². The van der Waals surface area contributed by atoms with Gasteiger partial charge in [0.15, 0.2) is 18.1 Å². The number of urea groups is 1. The zero-order valence-corrected chi connectivity index (χ0v) is 21.3. The topological polar surface area (TPSA) is 132 Å². The van der Waals surface area contributed by atoms with Crippen LogP contribution in [-0.4, -0.2) is 31.1 Å². The third kappa shape index (κ3) is 5.79. The van der Waals surface area contributed by atoms with E-state index >= 15 is 0 Å². The van der Waals surface area contributed by atoms with Crippen molar-refractivity contribution in [2.75, 3.05) is 18.5 Å². The van der Waals surface area contributed by atoms with Crippen molar-refractivity contribution >= 4 is 46.1 Å². The van der Waals surface area contributed by atoms with Crippen molar-refractivity contribution in [2.45, 2.75) is 26.8 Å². The number of hydrogen-bond donors (Lipinski definition) is 4. The Kier molecular flexibility index (Phi) is 8.02. The Bertz CT molecular complexity index is 1150. The Morgan fingerprint density at radius 2 is 1.91 bits per heavy atom.